The fourth-order valence-corrected chi connectivity index (χ4v) is 5.31. The molecule has 2 amide bonds. The molecule has 0 aliphatic carbocycles. The summed E-state index contributed by atoms with van der Waals surface area (Å²) in [5.41, 5.74) is 7.71. The second-order valence-corrected chi connectivity index (χ2v) is 13.2. The average Bonchev–Trinajstić information content (AvgIpc) is 3.19. The van der Waals surface area contributed by atoms with Gasteiger partial charge in [-0.3, -0.25) is 24.5 Å². The van der Waals surface area contributed by atoms with E-state index in [1.165, 1.54) is 6.07 Å². The van der Waals surface area contributed by atoms with Crippen LogP contribution in [-0.2, 0) is 38.0 Å². The third-order valence-corrected chi connectivity index (χ3v) is 7.40. The zero-order valence-corrected chi connectivity index (χ0v) is 28.5. The van der Waals surface area contributed by atoms with Crippen LogP contribution in [0.3, 0.4) is 0 Å². The molecule has 1 aliphatic rings. The third kappa shape index (κ3) is 9.42. The fraction of sp³-hybridized carbons (Fsp3) is 0.467. The largest absolute Gasteiger partial charge is 0.494 e. The minimum absolute atomic E-state index is 0. The van der Waals surface area contributed by atoms with Gasteiger partial charge in [0, 0.05) is 42.3 Å². The number of fused-ring (bicyclic) bond motifs is 1. The minimum Gasteiger partial charge on any atom is -0.494 e. The van der Waals surface area contributed by atoms with Crippen LogP contribution < -0.4 is 25.2 Å². The quantitative estimate of drug-likeness (QED) is 0.172. The molecule has 1 heterocycles. The van der Waals surface area contributed by atoms with Crippen LogP contribution >= 0.6 is 17.0 Å². The van der Waals surface area contributed by atoms with Gasteiger partial charge in [-0.05, 0) is 48.6 Å². The van der Waals surface area contributed by atoms with Gasteiger partial charge < -0.3 is 25.4 Å². The Balaban J connectivity index is 0.00000675. The van der Waals surface area contributed by atoms with E-state index < -0.39 is 21.3 Å². The Hall–Kier alpha value is -3.65. The molecule has 0 spiro atoms. The second-order valence-electron chi connectivity index (χ2n) is 11.5. The lowest BCUT2D eigenvalue weighted by Crippen LogP contribution is -2.30. The van der Waals surface area contributed by atoms with Crippen molar-refractivity contribution in [1.82, 2.24) is 10.2 Å². The Labute approximate surface area is 269 Å². The van der Waals surface area contributed by atoms with E-state index in [1.54, 1.807) is 24.1 Å². The summed E-state index contributed by atoms with van der Waals surface area (Å²) < 4.78 is 38.7. The van der Waals surface area contributed by atoms with Gasteiger partial charge in [-0.25, -0.2) is 8.42 Å². The van der Waals surface area contributed by atoms with Crippen molar-refractivity contribution in [2.45, 2.75) is 58.9 Å². The van der Waals surface area contributed by atoms with Gasteiger partial charge in [0.1, 0.15) is 17.3 Å². The number of rotatable bonds is 14. The zero-order valence-electron chi connectivity index (χ0n) is 26.0. The number of ketones is 1. The van der Waals surface area contributed by atoms with E-state index in [2.05, 4.69) is 10.0 Å². The maximum absolute atomic E-state index is 13.7. The first kappa shape index (κ1) is 36.5. The summed E-state index contributed by atoms with van der Waals surface area (Å²) in [6.45, 7) is 8.27. The van der Waals surface area contributed by atoms with Crippen molar-refractivity contribution >= 4 is 56.1 Å². The summed E-state index contributed by atoms with van der Waals surface area (Å²) in [4.78, 5) is 38.5. The standard InChI is InChI=1S/C30H41N5O7S.BrH/c1-7-41-25-14-20-16-35(29(32)21(20)11-19(25)15-27(38)33-5)17-24(36)18-12-22(30(2,3)4)28(42-10-8-9-26(31)37)23(13-18)34-43(6,39)40;/h11-14,32,34H,7-10,15-17H2,1-6H3,(H2,31,37)(H,33,38);1H. The molecule has 44 heavy (non-hydrogen) atoms. The Bertz CT molecular complexity index is 1540. The Kier molecular flexibility index (Phi) is 12.4. The second kappa shape index (κ2) is 14.9. The molecule has 0 aromatic heterocycles. The number of likely N-dealkylation sites (N-methyl/N-ethyl adjacent to an activating group) is 1. The predicted molar refractivity (Wildman–Crippen MR) is 175 cm³/mol. The number of amides is 2. The van der Waals surface area contributed by atoms with E-state index in [9.17, 15) is 22.8 Å². The SMILES string of the molecule is Br.CCOc1cc2c(cc1CC(=O)NC)C(=N)N(CC(=O)c1cc(NS(C)(=O)=O)c(OCCCC(N)=O)c(C(C)(C)C)c1)C2. The number of hydrogen-bond acceptors (Lipinski definition) is 8. The number of hydrogen-bond donors (Lipinski definition) is 4. The number of anilines is 1. The number of ether oxygens (including phenoxy) is 2. The number of nitrogens with one attached hydrogen (secondary N) is 3. The number of amidine groups is 1. The summed E-state index contributed by atoms with van der Waals surface area (Å²) in [6, 6.07) is 6.69. The van der Waals surface area contributed by atoms with Crippen LogP contribution in [0, 0.1) is 5.41 Å². The average molecular weight is 697 g/mol. The van der Waals surface area contributed by atoms with Gasteiger partial charge in [0.05, 0.1) is 38.1 Å². The van der Waals surface area contributed by atoms with Crippen molar-refractivity contribution in [1.29, 1.82) is 5.41 Å². The molecule has 5 N–H and O–H groups in total. The molecular formula is C30H42BrN5O7S. The molecular weight excluding hydrogens is 654 g/mol. The Morgan fingerprint density at radius 3 is 2.36 bits per heavy atom. The molecule has 1 aliphatic heterocycles. The lowest BCUT2D eigenvalue weighted by molar-refractivity contribution is -0.120. The lowest BCUT2D eigenvalue weighted by Gasteiger charge is -2.26. The lowest BCUT2D eigenvalue weighted by atomic mass is 9.84. The van der Waals surface area contributed by atoms with Crippen LogP contribution in [-0.4, -0.2) is 69.8 Å². The van der Waals surface area contributed by atoms with E-state index in [0.717, 1.165) is 11.8 Å². The molecule has 0 fully saturated rings. The molecule has 0 saturated carbocycles. The summed E-state index contributed by atoms with van der Waals surface area (Å²) in [5.74, 6) is -0.0108. The first-order valence-corrected chi connectivity index (χ1v) is 15.9. The highest BCUT2D eigenvalue weighted by Crippen LogP contribution is 2.39. The zero-order chi connectivity index (χ0) is 32.1. The minimum atomic E-state index is -3.74. The van der Waals surface area contributed by atoms with Crippen LogP contribution in [0.15, 0.2) is 24.3 Å². The highest BCUT2D eigenvalue weighted by molar-refractivity contribution is 8.93. The molecule has 0 atom stereocenters. The Morgan fingerprint density at radius 2 is 1.80 bits per heavy atom. The number of Topliss-reactive ketones (excluding diaryl/α,β-unsaturated/α-hetero) is 1. The number of carbonyl (C=O) groups excluding carboxylic acids is 3. The fourth-order valence-electron chi connectivity index (χ4n) is 4.76. The molecule has 0 bridgehead atoms. The van der Waals surface area contributed by atoms with E-state index in [-0.39, 0.29) is 77.5 Å². The summed E-state index contributed by atoms with van der Waals surface area (Å²) in [7, 11) is -2.19. The van der Waals surface area contributed by atoms with Gasteiger partial charge in [0.25, 0.3) is 0 Å². The molecule has 242 valence electrons. The van der Waals surface area contributed by atoms with Crippen LogP contribution in [0.2, 0.25) is 0 Å². The maximum atomic E-state index is 13.7. The van der Waals surface area contributed by atoms with Crippen LogP contribution in [0.25, 0.3) is 0 Å². The van der Waals surface area contributed by atoms with E-state index in [0.29, 0.717) is 42.0 Å². The van der Waals surface area contributed by atoms with Crippen molar-refractivity contribution in [3.63, 3.8) is 0 Å². The molecule has 2 aromatic carbocycles. The van der Waals surface area contributed by atoms with Gasteiger partial charge >= 0.3 is 0 Å². The van der Waals surface area contributed by atoms with Crippen LogP contribution in [0.5, 0.6) is 11.5 Å². The van der Waals surface area contributed by atoms with Crippen molar-refractivity contribution < 1.29 is 32.3 Å². The maximum Gasteiger partial charge on any atom is 0.229 e. The molecule has 12 nitrogen and oxygen atoms in total. The number of carbonyl (C=O) groups is 3. The normalized spacial score (nSPS) is 12.7. The topological polar surface area (TPSA) is 181 Å². The van der Waals surface area contributed by atoms with E-state index in [1.807, 2.05) is 33.8 Å². The van der Waals surface area contributed by atoms with Crippen molar-refractivity contribution in [3.05, 3.63) is 52.1 Å². The number of halogens is 1. The number of benzene rings is 2. The highest BCUT2D eigenvalue weighted by atomic mass is 79.9. The van der Waals surface area contributed by atoms with Crippen molar-refractivity contribution in [2.75, 3.05) is 37.8 Å². The molecule has 0 unspecified atom stereocenters. The first-order valence-electron chi connectivity index (χ1n) is 14.0. The van der Waals surface area contributed by atoms with Crippen molar-refractivity contribution in [3.8, 4) is 11.5 Å². The smallest absolute Gasteiger partial charge is 0.229 e. The van der Waals surface area contributed by atoms with Crippen molar-refractivity contribution in [2.24, 2.45) is 5.73 Å². The van der Waals surface area contributed by atoms with E-state index in [4.69, 9.17) is 20.6 Å². The number of primary amides is 1. The molecule has 0 saturated heterocycles. The van der Waals surface area contributed by atoms with Gasteiger partial charge in [0.15, 0.2) is 5.78 Å². The van der Waals surface area contributed by atoms with Gasteiger partial charge in [-0.1, -0.05) is 20.8 Å². The number of sulfonamides is 1. The van der Waals surface area contributed by atoms with Gasteiger partial charge in [0.2, 0.25) is 21.8 Å². The molecule has 3 rings (SSSR count). The third-order valence-electron chi connectivity index (χ3n) is 6.81. The summed E-state index contributed by atoms with van der Waals surface area (Å²) in [6.07, 6.45) is 1.55. The summed E-state index contributed by atoms with van der Waals surface area (Å²) >= 11 is 0. The molecule has 14 heteroatoms. The van der Waals surface area contributed by atoms with Gasteiger partial charge in [-0.2, -0.15) is 0 Å². The molecule has 2 aromatic rings. The monoisotopic (exact) mass is 695 g/mol. The van der Waals surface area contributed by atoms with Crippen LogP contribution in [0.1, 0.15) is 73.1 Å². The van der Waals surface area contributed by atoms with E-state index >= 15 is 0 Å². The summed E-state index contributed by atoms with van der Waals surface area (Å²) in [5, 5.41) is 11.4. The number of nitrogens with two attached hydrogens (primary N) is 1. The Morgan fingerprint density at radius 1 is 1.11 bits per heavy atom. The van der Waals surface area contributed by atoms with Gasteiger partial charge in [-0.15, -0.1) is 17.0 Å². The van der Waals surface area contributed by atoms with Crippen LogP contribution in [0.4, 0.5) is 5.69 Å². The first-order chi connectivity index (χ1) is 20.0. The predicted octanol–water partition coefficient (Wildman–Crippen LogP) is 3.29. The molecule has 0 radical (unpaired) electrons. The highest BCUT2D eigenvalue weighted by Gasteiger charge is 2.30. The number of nitrogens with zero attached hydrogens (tertiary/aromatic N) is 1.